The van der Waals surface area contributed by atoms with Gasteiger partial charge in [-0.1, -0.05) is 11.8 Å². The predicted octanol–water partition coefficient (Wildman–Crippen LogP) is 4.76. The van der Waals surface area contributed by atoms with Crippen molar-refractivity contribution < 1.29 is 13.9 Å². The second-order valence-corrected chi connectivity index (χ2v) is 6.23. The van der Waals surface area contributed by atoms with E-state index in [1.807, 2.05) is 40.8 Å². The van der Waals surface area contributed by atoms with E-state index in [2.05, 4.69) is 0 Å². The molecule has 0 saturated heterocycles. The maximum atomic E-state index is 13.5. The van der Waals surface area contributed by atoms with E-state index in [9.17, 15) is 9.18 Å². The molecule has 20 heavy (non-hydrogen) atoms. The van der Waals surface area contributed by atoms with Crippen LogP contribution >= 0.6 is 34.4 Å². The molecule has 2 aromatic rings. The van der Waals surface area contributed by atoms with E-state index in [1.165, 1.54) is 17.8 Å². The first-order valence-corrected chi connectivity index (χ1v) is 7.89. The van der Waals surface area contributed by atoms with Crippen molar-refractivity contribution in [3.05, 3.63) is 57.4 Å². The van der Waals surface area contributed by atoms with Crippen LogP contribution < -0.4 is 0 Å². The molecule has 0 aliphatic heterocycles. The summed E-state index contributed by atoms with van der Waals surface area (Å²) in [6, 6.07) is 12.2. The van der Waals surface area contributed by atoms with Crippen LogP contribution in [0.3, 0.4) is 0 Å². The molecule has 0 fully saturated rings. The van der Waals surface area contributed by atoms with Gasteiger partial charge in [-0.15, -0.1) is 0 Å². The summed E-state index contributed by atoms with van der Waals surface area (Å²) in [6.45, 7) is 2.13. The Morgan fingerprint density at radius 2 is 1.85 bits per heavy atom. The van der Waals surface area contributed by atoms with E-state index in [0.29, 0.717) is 15.7 Å². The van der Waals surface area contributed by atoms with Crippen LogP contribution in [0.2, 0.25) is 0 Å². The second-order valence-electron chi connectivity index (χ2n) is 3.92. The average Bonchev–Trinajstić information content (AvgIpc) is 2.44. The highest BCUT2D eigenvalue weighted by atomic mass is 127. The number of hydrogen-bond donors (Lipinski definition) is 0. The van der Waals surface area contributed by atoms with Crippen LogP contribution in [0.15, 0.2) is 52.3 Å². The van der Waals surface area contributed by atoms with Crippen LogP contribution in [0.4, 0.5) is 4.39 Å². The summed E-state index contributed by atoms with van der Waals surface area (Å²) in [5.41, 5.74) is 0.519. The lowest BCUT2D eigenvalue weighted by Gasteiger charge is -2.05. The van der Waals surface area contributed by atoms with Gasteiger partial charge in [-0.2, -0.15) is 0 Å². The van der Waals surface area contributed by atoms with Gasteiger partial charge in [0.1, 0.15) is 5.82 Å². The van der Waals surface area contributed by atoms with Gasteiger partial charge in [0, 0.05) is 13.4 Å². The molecule has 0 atom stereocenters. The third-order valence-electron chi connectivity index (χ3n) is 2.49. The summed E-state index contributed by atoms with van der Waals surface area (Å²) in [4.78, 5) is 13.3. The van der Waals surface area contributed by atoms with Crippen molar-refractivity contribution in [2.24, 2.45) is 0 Å². The van der Waals surface area contributed by atoms with Crippen molar-refractivity contribution in [1.82, 2.24) is 0 Å². The number of esters is 1. The number of carbonyl (C=O) groups excluding carboxylic acids is 1. The number of halogens is 2. The highest BCUT2D eigenvalue weighted by Crippen LogP contribution is 2.29. The Bertz CT molecular complexity index is 614. The molecular formula is C15H12FIO2S. The Balaban J connectivity index is 2.10. The normalized spacial score (nSPS) is 10.3. The Kier molecular flexibility index (Phi) is 5.42. The largest absolute Gasteiger partial charge is 0.462 e. The summed E-state index contributed by atoms with van der Waals surface area (Å²) in [7, 11) is 0. The monoisotopic (exact) mass is 402 g/mol. The fourth-order valence-electron chi connectivity index (χ4n) is 1.55. The fourth-order valence-corrected chi connectivity index (χ4v) is 2.73. The lowest BCUT2D eigenvalue weighted by atomic mass is 10.2. The highest BCUT2D eigenvalue weighted by Gasteiger charge is 2.07. The van der Waals surface area contributed by atoms with Gasteiger partial charge in [-0.25, -0.2) is 9.18 Å². The van der Waals surface area contributed by atoms with Crippen LogP contribution in [0.5, 0.6) is 0 Å². The summed E-state index contributed by atoms with van der Waals surface area (Å²) in [6.07, 6.45) is 0. The first-order valence-electron chi connectivity index (χ1n) is 6.00. The van der Waals surface area contributed by atoms with Crippen molar-refractivity contribution in [3.63, 3.8) is 0 Å². The summed E-state index contributed by atoms with van der Waals surface area (Å²) >= 11 is 3.40. The average molecular weight is 402 g/mol. The molecule has 0 N–H and O–H groups in total. The van der Waals surface area contributed by atoms with Crippen LogP contribution in [-0.2, 0) is 4.74 Å². The molecule has 0 aliphatic carbocycles. The Morgan fingerprint density at radius 3 is 2.45 bits per heavy atom. The zero-order valence-electron chi connectivity index (χ0n) is 10.7. The maximum Gasteiger partial charge on any atom is 0.338 e. The van der Waals surface area contributed by atoms with Crippen molar-refractivity contribution in [1.29, 1.82) is 0 Å². The van der Waals surface area contributed by atoms with Gasteiger partial charge in [-0.3, -0.25) is 0 Å². The summed E-state index contributed by atoms with van der Waals surface area (Å²) < 4.78 is 19.0. The summed E-state index contributed by atoms with van der Waals surface area (Å²) in [5, 5.41) is 0. The molecule has 2 rings (SSSR count). The Morgan fingerprint density at radius 1 is 1.20 bits per heavy atom. The molecule has 0 spiro atoms. The number of benzene rings is 2. The van der Waals surface area contributed by atoms with Gasteiger partial charge in [0.2, 0.25) is 0 Å². The molecule has 5 heteroatoms. The number of carbonyl (C=O) groups is 1. The smallest absolute Gasteiger partial charge is 0.338 e. The SMILES string of the molecule is CCOC(=O)c1ccc(Sc2ccc(I)c(F)c2)cc1. The lowest BCUT2D eigenvalue weighted by molar-refractivity contribution is 0.0526. The van der Waals surface area contributed by atoms with E-state index in [4.69, 9.17) is 4.74 Å². The minimum Gasteiger partial charge on any atom is -0.462 e. The van der Waals surface area contributed by atoms with E-state index in [0.717, 1.165) is 9.79 Å². The summed E-state index contributed by atoms with van der Waals surface area (Å²) in [5.74, 6) is -0.553. The van der Waals surface area contributed by atoms with E-state index in [1.54, 1.807) is 25.1 Å². The predicted molar refractivity (Wildman–Crippen MR) is 85.6 cm³/mol. The zero-order chi connectivity index (χ0) is 14.5. The highest BCUT2D eigenvalue weighted by molar-refractivity contribution is 14.1. The van der Waals surface area contributed by atoms with Gasteiger partial charge in [0.15, 0.2) is 0 Å². The third kappa shape index (κ3) is 3.96. The zero-order valence-corrected chi connectivity index (χ0v) is 13.7. The second kappa shape index (κ2) is 7.08. The molecule has 0 heterocycles. The standard InChI is InChI=1S/C15H12FIO2S/c1-2-19-15(18)10-3-5-11(6-4-10)20-12-7-8-14(17)13(16)9-12/h3-9H,2H2,1H3. The van der Waals surface area contributed by atoms with Gasteiger partial charge >= 0.3 is 5.97 Å². The van der Waals surface area contributed by atoms with Gasteiger partial charge < -0.3 is 4.74 Å². The fraction of sp³-hybridized carbons (Fsp3) is 0.133. The Hall–Kier alpha value is -1.08. The molecule has 0 aliphatic rings. The minimum absolute atomic E-state index is 0.223. The van der Waals surface area contributed by atoms with Crippen molar-refractivity contribution >= 4 is 40.3 Å². The number of rotatable bonds is 4. The quantitative estimate of drug-likeness (QED) is 0.545. The topological polar surface area (TPSA) is 26.3 Å². The van der Waals surface area contributed by atoms with Gasteiger partial charge in [-0.05, 0) is 72.0 Å². The van der Waals surface area contributed by atoms with Crippen LogP contribution in [0, 0.1) is 9.39 Å². The molecule has 104 valence electrons. The van der Waals surface area contributed by atoms with Gasteiger partial charge in [0.25, 0.3) is 0 Å². The molecule has 0 aromatic heterocycles. The van der Waals surface area contributed by atoms with Gasteiger partial charge in [0.05, 0.1) is 12.2 Å². The molecule has 0 amide bonds. The van der Waals surface area contributed by atoms with Crippen molar-refractivity contribution in [2.45, 2.75) is 16.7 Å². The molecule has 2 aromatic carbocycles. The van der Waals surface area contributed by atoms with E-state index < -0.39 is 0 Å². The maximum absolute atomic E-state index is 13.5. The minimum atomic E-state index is -0.329. The number of ether oxygens (including phenoxy) is 1. The van der Waals surface area contributed by atoms with E-state index >= 15 is 0 Å². The Labute approximate surface area is 134 Å². The molecule has 0 saturated carbocycles. The molecule has 0 bridgehead atoms. The van der Waals surface area contributed by atoms with Crippen molar-refractivity contribution in [3.8, 4) is 0 Å². The molecule has 2 nitrogen and oxygen atoms in total. The van der Waals surface area contributed by atoms with Crippen LogP contribution in [-0.4, -0.2) is 12.6 Å². The van der Waals surface area contributed by atoms with Crippen molar-refractivity contribution in [2.75, 3.05) is 6.61 Å². The molecule has 0 radical (unpaired) electrons. The van der Waals surface area contributed by atoms with Crippen LogP contribution in [0.1, 0.15) is 17.3 Å². The number of hydrogen-bond acceptors (Lipinski definition) is 3. The first kappa shape index (κ1) is 15.3. The first-order chi connectivity index (χ1) is 9.60. The molecule has 0 unspecified atom stereocenters. The third-order valence-corrected chi connectivity index (χ3v) is 4.36. The lowest BCUT2D eigenvalue weighted by Crippen LogP contribution is -2.03. The van der Waals surface area contributed by atoms with Crippen LogP contribution in [0.25, 0.3) is 0 Å². The van der Waals surface area contributed by atoms with E-state index in [-0.39, 0.29) is 11.8 Å². The molecular weight excluding hydrogens is 390 g/mol.